The molecule has 0 radical (unpaired) electrons. The van der Waals surface area contributed by atoms with Gasteiger partial charge in [0.2, 0.25) is 5.91 Å². The lowest BCUT2D eigenvalue weighted by atomic mass is 10.1. The molecule has 0 bridgehead atoms. The van der Waals surface area contributed by atoms with E-state index in [1.165, 1.54) is 4.57 Å². The van der Waals surface area contributed by atoms with E-state index in [-0.39, 0.29) is 19.0 Å². The number of nitrogens with zero attached hydrogens (tertiary/aromatic N) is 5. The topological polar surface area (TPSA) is 82.1 Å². The molecule has 0 unspecified atom stereocenters. The van der Waals surface area contributed by atoms with Gasteiger partial charge in [0.25, 0.3) is 5.56 Å². The SMILES string of the molecule is CC(C)CCn1cnc2c1c(=O)n(CC(=O)N1CCc3ccccc31)c(=O)n2Cc1ccccc1. The molecular weight excluding hydrogens is 442 g/mol. The molecule has 1 aliphatic heterocycles. The van der Waals surface area contributed by atoms with E-state index in [2.05, 4.69) is 18.8 Å². The van der Waals surface area contributed by atoms with E-state index >= 15 is 0 Å². The van der Waals surface area contributed by atoms with Crippen molar-refractivity contribution in [3.63, 3.8) is 0 Å². The van der Waals surface area contributed by atoms with Crippen LogP contribution in [0.15, 0.2) is 70.5 Å². The van der Waals surface area contributed by atoms with E-state index in [1.807, 2.05) is 59.2 Å². The number of benzene rings is 2. The van der Waals surface area contributed by atoms with Crippen LogP contribution in [0.5, 0.6) is 0 Å². The molecule has 0 aliphatic carbocycles. The third-order valence-corrected chi connectivity index (χ3v) is 6.60. The zero-order chi connectivity index (χ0) is 24.5. The monoisotopic (exact) mass is 471 g/mol. The lowest BCUT2D eigenvalue weighted by molar-refractivity contribution is -0.119. The maximum absolute atomic E-state index is 13.6. The lowest BCUT2D eigenvalue weighted by Gasteiger charge is -2.19. The highest BCUT2D eigenvalue weighted by Gasteiger charge is 2.26. The van der Waals surface area contributed by atoms with Gasteiger partial charge in [-0.15, -0.1) is 0 Å². The molecule has 8 nitrogen and oxygen atoms in total. The van der Waals surface area contributed by atoms with Gasteiger partial charge in [-0.05, 0) is 36.0 Å². The van der Waals surface area contributed by atoms with Crippen molar-refractivity contribution in [3.05, 3.63) is 92.9 Å². The van der Waals surface area contributed by atoms with Crippen molar-refractivity contribution < 1.29 is 4.79 Å². The predicted molar refractivity (Wildman–Crippen MR) is 136 cm³/mol. The third-order valence-electron chi connectivity index (χ3n) is 6.60. The van der Waals surface area contributed by atoms with E-state index in [0.29, 0.717) is 30.2 Å². The Balaban J connectivity index is 1.59. The molecule has 0 saturated heterocycles. The summed E-state index contributed by atoms with van der Waals surface area (Å²) in [7, 11) is 0. The third kappa shape index (κ3) is 4.32. The van der Waals surface area contributed by atoms with Crippen molar-refractivity contribution in [2.24, 2.45) is 5.92 Å². The second kappa shape index (κ2) is 9.37. The van der Waals surface area contributed by atoms with Crippen LogP contribution in [0, 0.1) is 5.92 Å². The van der Waals surface area contributed by atoms with Gasteiger partial charge in [-0.1, -0.05) is 62.4 Å². The molecule has 5 rings (SSSR count). The Morgan fingerprint density at radius 1 is 1.00 bits per heavy atom. The minimum atomic E-state index is -0.527. The number of rotatable bonds is 7. The Bertz CT molecular complexity index is 1500. The van der Waals surface area contributed by atoms with Crippen LogP contribution in [0.2, 0.25) is 0 Å². The first-order chi connectivity index (χ1) is 16.9. The summed E-state index contributed by atoms with van der Waals surface area (Å²) in [6.45, 7) is 5.34. The molecular formula is C27H29N5O3. The molecule has 0 fully saturated rings. The number of carbonyl (C=O) groups is 1. The predicted octanol–water partition coefficient (Wildman–Crippen LogP) is 3.04. The number of imidazole rings is 1. The first-order valence-electron chi connectivity index (χ1n) is 12.0. The second-order valence-corrected chi connectivity index (χ2v) is 9.46. The van der Waals surface area contributed by atoms with Crippen LogP contribution in [-0.2, 0) is 30.8 Å². The number of fused-ring (bicyclic) bond motifs is 2. The molecule has 2 aromatic carbocycles. The Hall–Kier alpha value is -3.94. The van der Waals surface area contributed by atoms with Crippen LogP contribution < -0.4 is 16.1 Å². The Kier molecular flexibility index (Phi) is 6.11. The van der Waals surface area contributed by atoms with Crippen molar-refractivity contribution in [1.82, 2.24) is 18.7 Å². The molecule has 0 saturated carbocycles. The fraction of sp³-hybridized carbons (Fsp3) is 0.333. The largest absolute Gasteiger partial charge is 0.333 e. The molecule has 8 heteroatoms. The number of amides is 1. The van der Waals surface area contributed by atoms with Crippen LogP contribution in [0.3, 0.4) is 0 Å². The summed E-state index contributed by atoms with van der Waals surface area (Å²) in [6, 6.07) is 17.3. The first-order valence-corrected chi connectivity index (χ1v) is 12.0. The normalized spacial score (nSPS) is 13.1. The molecule has 180 valence electrons. The Labute approximate surface area is 203 Å². The minimum Gasteiger partial charge on any atom is -0.325 e. The smallest absolute Gasteiger partial charge is 0.325 e. The number of hydrogen-bond acceptors (Lipinski definition) is 4. The summed E-state index contributed by atoms with van der Waals surface area (Å²) in [5.41, 5.74) is 2.56. The number of aryl methyl sites for hydroxylation is 1. The molecule has 1 aliphatic rings. The van der Waals surface area contributed by atoms with Gasteiger partial charge < -0.3 is 9.47 Å². The van der Waals surface area contributed by atoms with Crippen LogP contribution in [0.25, 0.3) is 11.2 Å². The standard InChI is InChI=1S/C27H29N5O3/c1-19(2)12-14-29-18-28-25-24(29)26(34)32(27(35)31(25)16-20-8-4-3-5-9-20)17-23(33)30-15-13-21-10-6-7-11-22(21)30/h3-11,18-19H,12-17H2,1-2H3. The lowest BCUT2D eigenvalue weighted by Crippen LogP contribution is -2.45. The molecule has 35 heavy (non-hydrogen) atoms. The fourth-order valence-electron chi connectivity index (χ4n) is 4.67. The second-order valence-electron chi connectivity index (χ2n) is 9.46. The highest BCUT2D eigenvalue weighted by molar-refractivity contribution is 5.95. The van der Waals surface area contributed by atoms with Crippen molar-refractivity contribution in [2.75, 3.05) is 11.4 Å². The van der Waals surface area contributed by atoms with Crippen LogP contribution in [-0.4, -0.2) is 31.1 Å². The van der Waals surface area contributed by atoms with Crippen molar-refractivity contribution >= 4 is 22.8 Å². The summed E-state index contributed by atoms with van der Waals surface area (Å²) in [5.74, 6) is 0.176. The van der Waals surface area contributed by atoms with Gasteiger partial charge in [-0.25, -0.2) is 14.3 Å². The number of hydrogen-bond donors (Lipinski definition) is 0. The van der Waals surface area contributed by atoms with Crippen molar-refractivity contribution in [3.8, 4) is 0 Å². The van der Waals surface area contributed by atoms with E-state index in [4.69, 9.17) is 0 Å². The van der Waals surface area contributed by atoms with E-state index in [1.54, 1.807) is 11.2 Å². The number of carbonyl (C=O) groups excluding carboxylic acids is 1. The maximum atomic E-state index is 13.6. The van der Waals surface area contributed by atoms with Gasteiger partial charge in [0.15, 0.2) is 11.2 Å². The Morgan fingerprint density at radius 2 is 1.74 bits per heavy atom. The van der Waals surface area contributed by atoms with E-state index in [0.717, 1.165) is 34.2 Å². The molecule has 1 amide bonds. The van der Waals surface area contributed by atoms with Crippen LogP contribution in [0.4, 0.5) is 5.69 Å². The highest BCUT2D eigenvalue weighted by atomic mass is 16.2. The number of aromatic nitrogens is 4. The van der Waals surface area contributed by atoms with Gasteiger partial charge in [0.1, 0.15) is 6.54 Å². The summed E-state index contributed by atoms with van der Waals surface area (Å²) >= 11 is 0. The molecule has 0 spiro atoms. The van der Waals surface area contributed by atoms with Crippen LogP contribution >= 0.6 is 0 Å². The Morgan fingerprint density at radius 3 is 2.51 bits per heavy atom. The zero-order valence-corrected chi connectivity index (χ0v) is 20.1. The van der Waals surface area contributed by atoms with Gasteiger partial charge in [-0.2, -0.15) is 0 Å². The van der Waals surface area contributed by atoms with E-state index in [9.17, 15) is 14.4 Å². The van der Waals surface area contributed by atoms with Gasteiger partial charge in [0, 0.05) is 18.8 Å². The summed E-state index contributed by atoms with van der Waals surface area (Å²) in [4.78, 5) is 46.6. The maximum Gasteiger partial charge on any atom is 0.333 e. The molecule has 2 aromatic heterocycles. The van der Waals surface area contributed by atoms with E-state index < -0.39 is 11.2 Å². The molecule has 0 N–H and O–H groups in total. The fourth-order valence-corrected chi connectivity index (χ4v) is 4.67. The summed E-state index contributed by atoms with van der Waals surface area (Å²) in [5, 5.41) is 0. The average Bonchev–Trinajstić information content (AvgIpc) is 3.48. The molecule has 4 aromatic rings. The highest BCUT2D eigenvalue weighted by Crippen LogP contribution is 2.27. The number of anilines is 1. The van der Waals surface area contributed by atoms with Crippen molar-refractivity contribution in [2.45, 2.75) is 46.3 Å². The van der Waals surface area contributed by atoms with Gasteiger partial charge >= 0.3 is 5.69 Å². The number of para-hydroxylation sites is 1. The van der Waals surface area contributed by atoms with Gasteiger partial charge in [-0.3, -0.25) is 14.2 Å². The molecule has 3 heterocycles. The molecule has 0 atom stereocenters. The average molecular weight is 472 g/mol. The summed E-state index contributed by atoms with van der Waals surface area (Å²) < 4.78 is 4.38. The van der Waals surface area contributed by atoms with Crippen molar-refractivity contribution in [1.29, 1.82) is 0 Å². The zero-order valence-electron chi connectivity index (χ0n) is 20.1. The first kappa shape index (κ1) is 22.8. The quantitative estimate of drug-likeness (QED) is 0.415. The van der Waals surface area contributed by atoms with Crippen LogP contribution in [0.1, 0.15) is 31.4 Å². The minimum absolute atomic E-state index is 0.262. The summed E-state index contributed by atoms with van der Waals surface area (Å²) in [6.07, 6.45) is 3.25. The van der Waals surface area contributed by atoms with Gasteiger partial charge in [0.05, 0.1) is 12.9 Å².